The fourth-order valence-electron chi connectivity index (χ4n) is 1.74. The molecule has 3 rings (SSSR count). The van der Waals surface area contributed by atoms with Gasteiger partial charge in [-0.15, -0.1) is 10.2 Å². The smallest absolute Gasteiger partial charge is 0.276 e. The van der Waals surface area contributed by atoms with Gasteiger partial charge >= 0.3 is 0 Å². The lowest BCUT2D eigenvalue weighted by Crippen LogP contribution is -2.21. The molecule has 0 bridgehead atoms. The highest BCUT2D eigenvalue weighted by molar-refractivity contribution is 7.99. The third kappa shape index (κ3) is 2.68. The minimum atomic E-state index is -0.344. The van der Waals surface area contributed by atoms with E-state index < -0.39 is 0 Å². The third-order valence-corrected chi connectivity index (χ3v) is 3.38. The number of hydrogen-bond acceptors (Lipinski definition) is 6. The van der Waals surface area contributed by atoms with Gasteiger partial charge in [0, 0.05) is 5.25 Å². The highest BCUT2D eigenvalue weighted by Gasteiger charge is 2.27. The van der Waals surface area contributed by atoms with Gasteiger partial charge in [-0.05, 0) is 12.1 Å². The van der Waals surface area contributed by atoms with Gasteiger partial charge in [0.2, 0.25) is 6.10 Å². The van der Waals surface area contributed by atoms with Crippen molar-refractivity contribution in [1.82, 2.24) is 10.2 Å². The van der Waals surface area contributed by atoms with Crippen molar-refractivity contribution in [3.8, 4) is 11.5 Å². The zero-order valence-corrected chi connectivity index (χ0v) is 11.5. The summed E-state index contributed by atoms with van der Waals surface area (Å²) in [5.74, 6) is 1.91. The van der Waals surface area contributed by atoms with Gasteiger partial charge in [0.25, 0.3) is 11.1 Å². The van der Waals surface area contributed by atoms with Gasteiger partial charge in [-0.25, -0.2) is 0 Å². The number of rotatable bonds is 3. The van der Waals surface area contributed by atoms with Gasteiger partial charge in [0.15, 0.2) is 11.5 Å². The molecule has 0 saturated heterocycles. The molecule has 0 saturated carbocycles. The molecule has 100 valence electrons. The second-order valence-electron chi connectivity index (χ2n) is 4.44. The Kier molecular flexibility index (Phi) is 3.33. The molecular weight excluding hydrogens is 264 g/mol. The minimum Gasteiger partial charge on any atom is -0.485 e. The van der Waals surface area contributed by atoms with Crippen LogP contribution in [-0.4, -0.2) is 22.1 Å². The van der Waals surface area contributed by atoms with Crippen molar-refractivity contribution in [2.24, 2.45) is 0 Å². The molecule has 0 amide bonds. The molecule has 19 heavy (non-hydrogen) atoms. The molecule has 0 spiro atoms. The average Bonchev–Trinajstić information content (AvgIpc) is 2.86. The summed E-state index contributed by atoms with van der Waals surface area (Å²) in [6, 6.07) is 7.55. The van der Waals surface area contributed by atoms with Crippen LogP contribution < -0.4 is 9.47 Å². The number of para-hydroxylation sites is 2. The Hall–Kier alpha value is -1.69. The molecule has 2 heterocycles. The fraction of sp³-hybridized carbons (Fsp3) is 0.385. The second kappa shape index (κ2) is 5.13. The molecule has 5 nitrogen and oxygen atoms in total. The number of ether oxygens (including phenoxy) is 2. The number of benzene rings is 1. The lowest BCUT2D eigenvalue weighted by atomic mass is 10.2. The summed E-state index contributed by atoms with van der Waals surface area (Å²) < 4.78 is 17.0. The average molecular weight is 278 g/mol. The summed E-state index contributed by atoms with van der Waals surface area (Å²) in [7, 11) is 0. The second-order valence-corrected chi connectivity index (χ2v) is 5.96. The Morgan fingerprint density at radius 1 is 1.21 bits per heavy atom. The van der Waals surface area contributed by atoms with Crippen molar-refractivity contribution in [1.29, 1.82) is 0 Å². The predicted molar refractivity (Wildman–Crippen MR) is 70.6 cm³/mol. The number of aromatic nitrogens is 2. The van der Waals surface area contributed by atoms with Crippen LogP contribution >= 0.6 is 11.8 Å². The van der Waals surface area contributed by atoms with E-state index in [0.717, 1.165) is 5.75 Å². The number of hydrogen-bond donors (Lipinski definition) is 0. The first-order valence-electron chi connectivity index (χ1n) is 6.11. The zero-order valence-electron chi connectivity index (χ0n) is 10.7. The normalized spacial score (nSPS) is 17.7. The van der Waals surface area contributed by atoms with E-state index in [0.29, 0.717) is 28.7 Å². The van der Waals surface area contributed by atoms with Crippen LogP contribution in [-0.2, 0) is 0 Å². The monoisotopic (exact) mass is 278 g/mol. The van der Waals surface area contributed by atoms with Crippen LogP contribution in [0.1, 0.15) is 25.8 Å². The van der Waals surface area contributed by atoms with E-state index in [2.05, 4.69) is 24.0 Å². The molecule has 6 heteroatoms. The molecule has 1 aromatic carbocycles. The summed E-state index contributed by atoms with van der Waals surface area (Å²) in [5, 5.41) is 8.98. The van der Waals surface area contributed by atoms with Gasteiger partial charge in [-0.2, -0.15) is 0 Å². The van der Waals surface area contributed by atoms with Crippen molar-refractivity contribution in [2.75, 3.05) is 6.61 Å². The van der Waals surface area contributed by atoms with Crippen LogP contribution in [0.5, 0.6) is 11.5 Å². The minimum absolute atomic E-state index is 0.344. The highest BCUT2D eigenvalue weighted by atomic mass is 32.2. The molecular formula is C13H14N2O3S. The maximum atomic E-state index is 5.81. The van der Waals surface area contributed by atoms with Crippen molar-refractivity contribution in [3.63, 3.8) is 0 Å². The third-order valence-electron chi connectivity index (χ3n) is 2.54. The first kappa shape index (κ1) is 12.3. The van der Waals surface area contributed by atoms with E-state index in [1.807, 2.05) is 24.3 Å². The zero-order chi connectivity index (χ0) is 13.2. The van der Waals surface area contributed by atoms with E-state index >= 15 is 0 Å². The topological polar surface area (TPSA) is 57.4 Å². The van der Waals surface area contributed by atoms with Crippen molar-refractivity contribution in [2.45, 2.75) is 30.4 Å². The van der Waals surface area contributed by atoms with Gasteiger partial charge in [0.1, 0.15) is 6.61 Å². The number of fused-ring (bicyclic) bond motifs is 1. The SMILES string of the molecule is CC(C)Sc1nnc(C2COc3ccccc3O2)o1. The van der Waals surface area contributed by atoms with Crippen molar-refractivity contribution in [3.05, 3.63) is 30.2 Å². The van der Waals surface area contributed by atoms with Crippen LogP contribution in [0.3, 0.4) is 0 Å². The fourth-order valence-corrected chi connectivity index (χ4v) is 2.37. The summed E-state index contributed by atoms with van der Waals surface area (Å²) in [6.07, 6.45) is -0.344. The Morgan fingerprint density at radius 3 is 2.79 bits per heavy atom. The molecule has 1 atom stereocenters. The van der Waals surface area contributed by atoms with E-state index in [1.165, 1.54) is 11.8 Å². The molecule has 0 N–H and O–H groups in total. The molecule has 1 aliphatic heterocycles. The van der Waals surface area contributed by atoms with Gasteiger partial charge in [-0.3, -0.25) is 0 Å². The van der Waals surface area contributed by atoms with Crippen LogP contribution in [0.15, 0.2) is 33.9 Å². The van der Waals surface area contributed by atoms with E-state index in [4.69, 9.17) is 13.9 Å². The van der Waals surface area contributed by atoms with Crippen LogP contribution in [0.25, 0.3) is 0 Å². The summed E-state index contributed by atoms with van der Waals surface area (Å²) in [4.78, 5) is 0. The largest absolute Gasteiger partial charge is 0.485 e. The van der Waals surface area contributed by atoms with Crippen molar-refractivity contribution >= 4 is 11.8 Å². The van der Waals surface area contributed by atoms with E-state index in [-0.39, 0.29) is 6.10 Å². The Bertz CT molecular complexity index is 571. The summed E-state index contributed by atoms with van der Waals surface area (Å²) in [6.45, 7) is 4.53. The van der Waals surface area contributed by atoms with Gasteiger partial charge < -0.3 is 13.9 Å². The number of nitrogens with zero attached hydrogens (tertiary/aromatic N) is 2. The van der Waals surface area contributed by atoms with Gasteiger partial charge in [0.05, 0.1) is 0 Å². The first-order valence-corrected chi connectivity index (χ1v) is 6.99. The number of thioether (sulfide) groups is 1. The van der Waals surface area contributed by atoms with Crippen LogP contribution in [0.2, 0.25) is 0 Å². The van der Waals surface area contributed by atoms with Crippen LogP contribution in [0, 0.1) is 0 Å². The molecule has 1 aromatic heterocycles. The molecule has 1 unspecified atom stereocenters. The molecule has 0 radical (unpaired) electrons. The first-order chi connectivity index (χ1) is 9.22. The van der Waals surface area contributed by atoms with E-state index in [9.17, 15) is 0 Å². The Labute approximate surface area is 115 Å². The Balaban J connectivity index is 1.76. The predicted octanol–water partition coefficient (Wildman–Crippen LogP) is 3.08. The lowest BCUT2D eigenvalue weighted by molar-refractivity contribution is 0.0686. The quantitative estimate of drug-likeness (QED) is 0.804. The highest BCUT2D eigenvalue weighted by Crippen LogP contribution is 2.36. The lowest BCUT2D eigenvalue weighted by Gasteiger charge is -2.23. The summed E-state index contributed by atoms with van der Waals surface area (Å²) in [5.41, 5.74) is 0. The standard InChI is InChI=1S/C13H14N2O3S/c1-8(2)19-13-15-14-12(18-13)11-7-16-9-5-3-4-6-10(9)17-11/h3-6,8,11H,7H2,1-2H3. The van der Waals surface area contributed by atoms with Crippen molar-refractivity contribution < 1.29 is 13.9 Å². The molecule has 1 aliphatic rings. The van der Waals surface area contributed by atoms with E-state index in [1.54, 1.807) is 0 Å². The molecule has 2 aromatic rings. The van der Waals surface area contributed by atoms with Gasteiger partial charge in [-0.1, -0.05) is 37.7 Å². The maximum Gasteiger partial charge on any atom is 0.276 e. The molecule has 0 fully saturated rings. The molecule has 0 aliphatic carbocycles. The Morgan fingerprint density at radius 2 is 2.00 bits per heavy atom. The maximum absolute atomic E-state index is 5.81. The van der Waals surface area contributed by atoms with Crippen LogP contribution in [0.4, 0.5) is 0 Å². The summed E-state index contributed by atoms with van der Waals surface area (Å²) >= 11 is 1.53.